The lowest BCUT2D eigenvalue weighted by molar-refractivity contribution is 0.449. The number of benzene rings is 1. The van der Waals surface area contributed by atoms with Gasteiger partial charge in [0.1, 0.15) is 22.9 Å². The molecule has 0 aliphatic heterocycles. The zero-order valence-corrected chi connectivity index (χ0v) is 15.3. The summed E-state index contributed by atoms with van der Waals surface area (Å²) in [6, 6.07) is 5.86. The molecule has 8 nitrogen and oxygen atoms in total. The minimum absolute atomic E-state index is 0.0403. The normalized spacial score (nSPS) is 10.4. The summed E-state index contributed by atoms with van der Waals surface area (Å²) >= 11 is 0. The molecule has 0 saturated carbocycles. The third-order valence-electron chi connectivity index (χ3n) is 3.85. The van der Waals surface area contributed by atoms with Crippen LogP contribution in [0.1, 0.15) is 36.6 Å². The van der Waals surface area contributed by atoms with Crippen LogP contribution in [0.3, 0.4) is 0 Å². The van der Waals surface area contributed by atoms with E-state index in [1.165, 1.54) is 24.4 Å². The van der Waals surface area contributed by atoms with Gasteiger partial charge in [-0.1, -0.05) is 19.8 Å². The summed E-state index contributed by atoms with van der Waals surface area (Å²) in [7, 11) is 0. The molecule has 3 aromatic rings. The van der Waals surface area contributed by atoms with Crippen molar-refractivity contribution in [2.45, 2.75) is 19.8 Å². The van der Waals surface area contributed by atoms with Gasteiger partial charge in [0.05, 0.1) is 11.8 Å². The van der Waals surface area contributed by atoms with Crippen LogP contribution in [-0.4, -0.2) is 25.2 Å². The number of hydrogen-bond donors (Lipinski definition) is 4. The first-order chi connectivity index (χ1) is 13.3. The summed E-state index contributed by atoms with van der Waals surface area (Å²) < 4.78 is 5.89. The lowest BCUT2D eigenvalue weighted by Crippen LogP contribution is -2.03. The average Bonchev–Trinajstić information content (AvgIpc) is 2.63. The number of phenolic OH excluding ortho intramolecular Hbond substituents is 2. The topological polar surface area (TPSA) is 140 Å². The molecule has 0 unspecified atom stereocenters. The Labute approximate surface area is 161 Å². The Hall–Kier alpha value is -3.99. The van der Waals surface area contributed by atoms with Crippen LogP contribution in [0.4, 0.5) is 11.8 Å². The number of ether oxygens (including phenoxy) is 1. The van der Waals surface area contributed by atoms with Crippen molar-refractivity contribution in [1.29, 1.82) is 0 Å². The van der Waals surface area contributed by atoms with Gasteiger partial charge in [0.15, 0.2) is 11.6 Å². The molecule has 3 rings (SSSR count). The van der Waals surface area contributed by atoms with Crippen LogP contribution < -0.4 is 16.2 Å². The number of aromatic nitrogens is 3. The molecular weight excluding hydrogens is 358 g/mol. The SMILES string of the molecule is CC(C)c1cnc(C#Cc2ccc(O)cc2O)cc1Oc1cnc(N)nc1N. The highest BCUT2D eigenvalue weighted by molar-refractivity contribution is 5.53. The van der Waals surface area contributed by atoms with E-state index in [0.717, 1.165) is 5.56 Å². The Kier molecular flexibility index (Phi) is 5.18. The van der Waals surface area contributed by atoms with Gasteiger partial charge in [-0.05, 0) is 24.0 Å². The quantitative estimate of drug-likeness (QED) is 0.511. The van der Waals surface area contributed by atoms with Crippen molar-refractivity contribution in [2.75, 3.05) is 11.5 Å². The smallest absolute Gasteiger partial charge is 0.222 e. The molecule has 6 N–H and O–H groups in total. The number of phenols is 2. The maximum Gasteiger partial charge on any atom is 0.222 e. The van der Waals surface area contributed by atoms with Crippen LogP contribution >= 0.6 is 0 Å². The fourth-order valence-electron chi connectivity index (χ4n) is 2.39. The molecule has 0 aliphatic carbocycles. The second-order valence-electron chi connectivity index (χ2n) is 6.29. The summed E-state index contributed by atoms with van der Waals surface area (Å²) in [6.45, 7) is 4.01. The van der Waals surface area contributed by atoms with Crippen LogP contribution in [0.2, 0.25) is 0 Å². The van der Waals surface area contributed by atoms with E-state index in [-0.39, 0.29) is 34.9 Å². The van der Waals surface area contributed by atoms with E-state index >= 15 is 0 Å². The monoisotopic (exact) mass is 377 g/mol. The molecule has 0 amide bonds. The van der Waals surface area contributed by atoms with E-state index < -0.39 is 0 Å². The molecule has 0 fully saturated rings. The maximum absolute atomic E-state index is 9.84. The number of rotatable bonds is 3. The van der Waals surface area contributed by atoms with Crippen molar-refractivity contribution in [1.82, 2.24) is 15.0 Å². The highest BCUT2D eigenvalue weighted by Crippen LogP contribution is 2.32. The highest BCUT2D eigenvalue weighted by Gasteiger charge is 2.13. The Bertz CT molecular complexity index is 1090. The molecule has 2 aromatic heterocycles. The molecule has 1 aromatic carbocycles. The number of hydrogen-bond acceptors (Lipinski definition) is 8. The number of nitrogens with two attached hydrogens (primary N) is 2. The molecule has 28 heavy (non-hydrogen) atoms. The molecule has 0 saturated heterocycles. The average molecular weight is 377 g/mol. The van der Waals surface area contributed by atoms with Crippen molar-refractivity contribution in [3.05, 3.63) is 53.5 Å². The number of nitrogen functional groups attached to an aromatic ring is 2. The summed E-state index contributed by atoms with van der Waals surface area (Å²) in [6.07, 6.45) is 3.08. The standard InChI is InChI=1S/C20H19N5O3/c1-11(2)15-9-23-13(5-3-12-4-6-14(26)8-16(12)27)7-17(15)28-18-10-24-20(22)25-19(18)21/h4,6-11,26-27H,1-2H3,(H4,21,22,24,25). The zero-order chi connectivity index (χ0) is 20.3. The van der Waals surface area contributed by atoms with Gasteiger partial charge in [-0.15, -0.1) is 0 Å². The molecular formula is C20H19N5O3. The Balaban J connectivity index is 1.97. The van der Waals surface area contributed by atoms with E-state index in [1.54, 1.807) is 12.3 Å². The third-order valence-corrected chi connectivity index (χ3v) is 3.85. The first-order valence-corrected chi connectivity index (χ1v) is 8.43. The minimum Gasteiger partial charge on any atom is -0.508 e. The number of aromatic hydroxyl groups is 2. The second-order valence-corrected chi connectivity index (χ2v) is 6.29. The van der Waals surface area contributed by atoms with Gasteiger partial charge >= 0.3 is 0 Å². The molecule has 0 atom stereocenters. The predicted octanol–water partition coefficient (Wildman–Crippen LogP) is 2.76. The van der Waals surface area contributed by atoms with Crippen molar-refractivity contribution in [3.63, 3.8) is 0 Å². The largest absolute Gasteiger partial charge is 0.508 e. The Morgan fingerprint density at radius 1 is 1.00 bits per heavy atom. The van der Waals surface area contributed by atoms with Crippen LogP contribution in [0.5, 0.6) is 23.0 Å². The van der Waals surface area contributed by atoms with Crippen molar-refractivity contribution >= 4 is 11.8 Å². The predicted molar refractivity (Wildman–Crippen MR) is 105 cm³/mol. The molecule has 0 bridgehead atoms. The minimum atomic E-state index is -0.116. The van der Waals surface area contributed by atoms with E-state index in [9.17, 15) is 10.2 Å². The van der Waals surface area contributed by atoms with E-state index in [4.69, 9.17) is 16.2 Å². The molecule has 0 spiro atoms. The van der Waals surface area contributed by atoms with Crippen LogP contribution in [0.25, 0.3) is 0 Å². The summed E-state index contributed by atoms with van der Waals surface area (Å²) in [5.74, 6) is 6.65. The van der Waals surface area contributed by atoms with Gasteiger partial charge in [-0.3, -0.25) is 0 Å². The highest BCUT2D eigenvalue weighted by atomic mass is 16.5. The zero-order valence-electron chi connectivity index (χ0n) is 15.3. The van der Waals surface area contributed by atoms with Gasteiger partial charge in [0, 0.05) is 23.9 Å². The molecule has 142 valence electrons. The lowest BCUT2D eigenvalue weighted by atomic mass is 10.0. The van der Waals surface area contributed by atoms with Crippen molar-refractivity contribution in [3.8, 4) is 34.8 Å². The van der Waals surface area contributed by atoms with E-state index in [1.807, 2.05) is 13.8 Å². The molecule has 0 aliphatic rings. The van der Waals surface area contributed by atoms with E-state index in [2.05, 4.69) is 26.8 Å². The maximum atomic E-state index is 9.84. The van der Waals surface area contributed by atoms with Gasteiger partial charge in [-0.2, -0.15) is 4.98 Å². The van der Waals surface area contributed by atoms with Crippen LogP contribution in [-0.2, 0) is 0 Å². The molecule has 8 heteroatoms. The third kappa shape index (κ3) is 4.22. The van der Waals surface area contributed by atoms with Crippen LogP contribution in [0, 0.1) is 11.8 Å². The van der Waals surface area contributed by atoms with Crippen molar-refractivity contribution in [2.24, 2.45) is 0 Å². The Morgan fingerprint density at radius 3 is 2.46 bits per heavy atom. The molecule has 2 heterocycles. The van der Waals surface area contributed by atoms with E-state index in [0.29, 0.717) is 17.0 Å². The van der Waals surface area contributed by atoms with Gasteiger partial charge in [0.25, 0.3) is 0 Å². The van der Waals surface area contributed by atoms with Crippen LogP contribution in [0.15, 0.2) is 36.7 Å². The van der Waals surface area contributed by atoms with Gasteiger partial charge in [-0.25, -0.2) is 9.97 Å². The Morgan fingerprint density at radius 2 is 1.79 bits per heavy atom. The number of pyridine rings is 1. The van der Waals surface area contributed by atoms with Gasteiger partial charge in [0.2, 0.25) is 5.95 Å². The van der Waals surface area contributed by atoms with Gasteiger partial charge < -0.3 is 26.4 Å². The fraction of sp³-hybridized carbons (Fsp3) is 0.150. The molecule has 0 radical (unpaired) electrons. The first kappa shape index (κ1) is 18.8. The first-order valence-electron chi connectivity index (χ1n) is 8.43. The number of nitrogens with zero attached hydrogens (tertiary/aromatic N) is 3. The lowest BCUT2D eigenvalue weighted by Gasteiger charge is -2.14. The fourth-order valence-corrected chi connectivity index (χ4v) is 2.39. The summed E-state index contributed by atoms with van der Waals surface area (Å²) in [5.41, 5.74) is 13.0. The van der Waals surface area contributed by atoms with Crippen molar-refractivity contribution < 1.29 is 14.9 Å². The summed E-state index contributed by atoms with van der Waals surface area (Å²) in [5, 5.41) is 19.2. The summed E-state index contributed by atoms with van der Waals surface area (Å²) in [4.78, 5) is 12.1. The number of anilines is 2. The second kappa shape index (κ2) is 7.72.